The highest BCUT2D eigenvalue weighted by molar-refractivity contribution is 7.80. The molecule has 25 heavy (non-hydrogen) atoms. The number of aromatic nitrogens is 2. The zero-order valence-electron chi connectivity index (χ0n) is 14.0. The van der Waals surface area contributed by atoms with Crippen molar-refractivity contribution >= 4 is 34.9 Å². The van der Waals surface area contributed by atoms with Crippen LogP contribution in [-0.4, -0.2) is 27.1 Å². The molecule has 3 aromatic rings. The van der Waals surface area contributed by atoms with Crippen LogP contribution in [0.3, 0.4) is 0 Å². The maximum Gasteiger partial charge on any atom is 0.187 e. The van der Waals surface area contributed by atoms with Gasteiger partial charge in [-0.3, -0.25) is 5.43 Å². The molecule has 0 saturated carbocycles. The number of thiocarbonyl (C=S) groups is 1. The highest BCUT2D eigenvalue weighted by Gasteiger charge is 2.11. The van der Waals surface area contributed by atoms with E-state index in [-0.39, 0.29) is 6.04 Å². The molecule has 2 N–H and O–H groups in total. The molecule has 0 fully saturated rings. The standard InChI is InChI=1S/C18H19N5S2/c1-13(2)20-18(24)21-19-11-14-12-23(15-7-4-3-5-8-15)22-17(14)16-9-6-10-25-16/h3-13H,1-2H3,(H2,20,21,24). The van der Waals surface area contributed by atoms with E-state index in [0.29, 0.717) is 5.11 Å². The van der Waals surface area contributed by atoms with E-state index >= 15 is 0 Å². The van der Waals surface area contributed by atoms with Crippen molar-refractivity contribution in [3.8, 4) is 16.3 Å². The topological polar surface area (TPSA) is 54.2 Å². The van der Waals surface area contributed by atoms with Gasteiger partial charge in [-0.05, 0) is 49.6 Å². The number of thiophene rings is 1. The minimum Gasteiger partial charge on any atom is -0.359 e. The predicted octanol–water partition coefficient (Wildman–Crippen LogP) is 3.81. The van der Waals surface area contributed by atoms with Gasteiger partial charge in [0.25, 0.3) is 0 Å². The molecule has 0 atom stereocenters. The fraction of sp³-hybridized carbons (Fsp3) is 0.167. The minimum atomic E-state index is 0.262. The first kappa shape index (κ1) is 17.3. The molecule has 1 aromatic carbocycles. The van der Waals surface area contributed by atoms with Gasteiger partial charge in [0.15, 0.2) is 5.11 Å². The molecule has 0 bridgehead atoms. The van der Waals surface area contributed by atoms with Crippen molar-refractivity contribution in [2.75, 3.05) is 0 Å². The Bertz CT molecular complexity index is 851. The number of hydrazone groups is 1. The zero-order chi connectivity index (χ0) is 17.6. The van der Waals surface area contributed by atoms with E-state index in [1.807, 2.05) is 66.5 Å². The van der Waals surface area contributed by atoms with Crippen LogP contribution >= 0.6 is 23.6 Å². The first-order valence-corrected chi connectivity index (χ1v) is 9.21. The first-order valence-electron chi connectivity index (χ1n) is 7.92. The van der Waals surface area contributed by atoms with Crippen molar-refractivity contribution < 1.29 is 0 Å². The van der Waals surface area contributed by atoms with Gasteiger partial charge in [-0.1, -0.05) is 24.3 Å². The van der Waals surface area contributed by atoms with Gasteiger partial charge in [-0.25, -0.2) is 4.68 Å². The highest BCUT2D eigenvalue weighted by Crippen LogP contribution is 2.26. The van der Waals surface area contributed by atoms with Crippen LogP contribution < -0.4 is 10.7 Å². The second kappa shape index (κ2) is 8.04. The van der Waals surface area contributed by atoms with Gasteiger partial charge < -0.3 is 5.32 Å². The molecule has 3 rings (SSSR count). The average molecular weight is 370 g/mol. The van der Waals surface area contributed by atoms with E-state index < -0.39 is 0 Å². The molecule has 0 aliphatic heterocycles. The third-order valence-electron chi connectivity index (χ3n) is 3.31. The third-order valence-corrected chi connectivity index (χ3v) is 4.39. The van der Waals surface area contributed by atoms with Crippen LogP contribution in [0.25, 0.3) is 16.3 Å². The lowest BCUT2D eigenvalue weighted by atomic mass is 10.2. The second-order valence-electron chi connectivity index (χ2n) is 5.69. The number of rotatable bonds is 5. The summed E-state index contributed by atoms with van der Waals surface area (Å²) in [6.45, 7) is 4.05. The van der Waals surface area contributed by atoms with Gasteiger partial charge >= 0.3 is 0 Å². The summed E-state index contributed by atoms with van der Waals surface area (Å²) >= 11 is 6.84. The van der Waals surface area contributed by atoms with Gasteiger partial charge in [0.2, 0.25) is 0 Å². The summed E-state index contributed by atoms with van der Waals surface area (Å²) in [5.41, 5.74) is 5.66. The number of para-hydroxylation sites is 1. The van der Waals surface area contributed by atoms with E-state index in [4.69, 9.17) is 17.3 Å². The fourth-order valence-corrected chi connectivity index (χ4v) is 3.27. The van der Waals surface area contributed by atoms with Gasteiger partial charge in [-0.15, -0.1) is 11.3 Å². The molecule has 0 radical (unpaired) electrons. The summed E-state index contributed by atoms with van der Waals surface area (Å²) in [5, 5.41) is 14.6. The molecule has 7 heteroatoms. The van der Waals surface area contributed by atoms with Crippen LogP contribution in [0, 0.1) is 0 Å². The summed E-state index contributed by atoms with van der Waals surface area (Å²) in [6.07, 6.45) is 3.71. The molecule has 0 spiro atoms. The first-order chi connectivity index (χ1) is 12.1. The molecular weight excluding hydrogens is 350 g/mol. The number of benzene rings is 1. The normalized spacial score (nSPS) is 11.2. The predicted molar refractivity (Wildman–Crippen MR) is 108 cm³/mol. The summed E-state index contributed by atoms with van der Waals surface area (Å²) in [7, 11) is 0. The van der Waals surface area contributed by atoms with Crippen LogP contribution in [0.15, 0.2) is 59.1 Å². The van der Waals surface area contributed by atoms with Gasteiger partial charge in [-0.2, -0.15) is 10.2 Å². The summed E-state index contributed by atoms with van der Waals surface area (Å²) in [4.78, 5) is 1.10. The Hall–Kier alpha value is -2.51. The molecule has 2 heterocycles. The maximum atomic E-state index is 5.19. The number of hydrogen-bond acceptors (Lipinski definition) is 4. The Balaban J connectivity index is 1.87. The van der Waals surface area contributed by atoms with Crippen molar-refractivity contribution in [2.45, 2.75) is 19.9 Å². The SMILES string of the molecule is CC(C)NC(=S)NN=Cc1cn(-c2ccccc2)nc1-c1cccs1. The zero-order valence-corrected chi connectivity index (χ0v) is 15.6. The summed E-state index contributed by atoms with van der Waals surface area (Å²) < 4.78 is 1.86. The number of hydrogen-bond donors (Lipinski definition) is 2. The highest BCUT2D eigenvalue weighted by atomic mass is 32.1. The quantitative estimate of drug-likeness (QED) is 0.408. The molecule has 0 aliphatic rings. The van der Waals surface area contributed by atoms with Gasteiger partial charge in [0.1, 0.15) is 5.69 Å². The Morgan fingerprint density at radius 2 is 2.04 bits per heavy atom. The molecule has 0 amide bonds. The minimum absolute atomic E-state index is 0.262. The van der Waals surface area contributed by atoms with E-state index in [9.17, 15) is 0 Å². The van der Waals surface area contributed by atoms with Crippen molar-refractivity contribution in [3.05, 3.63) is 59.6 Å². The molecule has 5 nitrogen and oxygen atoms in total. The lowest BCUT2D eigenvalue weighted by molar-refractivity contribution is 0.720. The smallest absolute Gasteiger partial charge is 0.187 e. The average Bonchev–Trinajstić information content (AvgIpc) is 3.24. The summed E-state index contributed by atoms with van der Waals surface area (Å²) in [5.74, 6) is 0. The Morgan fingerprint density at radius 1 is 1.24 bits per heavy atom. The van der Waals surface area contributed by atoms with Crippen molar-refractivity contribution in [3.63, 3.8) is 0 Å². The van der Waals surface area contributed by atoms with Gasteiger partial charge in [0.05, 0.1) is 16.8 Å². The Morgan fingerprint density at radius 3 is 2.72 bits per heavy atom. The molecule has 0 aliphatic carbocycles. The van der Waals surface area contributed by atoms with Crippen LogP contribution in [0.1, 0.15) is 19.4 Å². The Kier molecular flexibility index (Phi) is 5.57. The van der Waals surface area contributed by atoms with Crippen molar-refractivity contribution in [1.82, 2.24) is 20.5 Å². The summed E-state index contributed by atoms with van der Waals surface area (Å²) in [6, 6.07) is 14.3. The monoisotopic (exact) mass is 369 g/mol. The maximum absolute atomic E-state index is 5.19. The fourth-order valence-electron chi connectivity index (χ4n) is 2.25. The molecule has 0 unspecified atom stereocenters. The van der Waals surface area contributed by atoms with E-state index in [1.165, 1.54) is 0 Å². The number of nitrogens with one attached hydrogen (secondary N) is 2. The molecule has 2 aromatic heterocycles. The molecule has 0 saturated heterocycles. The van der Waals surface area contributed by atoms with Gasteiger partial charge in [0, 0.05) is 17.8 Å². The van der Waals surface area contributed by atoms with Crippen molar-refractivity contribution in [2.24, 2.45) is 5.10 Å². The van der Waals surface area contributed by atoms with Crippen molar-refractivity contribution in [1.29, 1.82) is 0 Å². The number of nitrogens with zero attached hydrogens (tertiary/aromatic N) is 3. The Labute approximate surface area is 156 Å². The van der Waals surface area contributed by atoms with E-state index in [1.54, 1.807) is 17.6 Å². The van der Waals surface area contributed by atoms with Crippen LogP contribution in [-0.2, 0) is 0 Å². The largest absolute Gasteiger partial charge is 0.359 e. The van der Waals surface area contributed by atoms with E-state index in [2.05, 4.69) is 21.9 Å². The lowest BCUT2D eigenvalue weighted by Crippen LogP contribution is -2.36. The van der Waals surface area contributed by atoms with Crippen LogP contribution in [0.4, 0.5) is 0 Å². The third kappa shape index (κ3) is 4.52. The second-order valence-corrected chi connectivity index (χ2v) is 7.04. The van der Waals surface area contributed by atoms with Crippen LogP contribution in [0.5, 0.6) is 0 Å². The lowest BCUT2D eigenvalue weighted by Gasteiger charge is -2.09. The van der Waals surface area contributed by atoms with E-state index in [0.717, 1.165) is 21.8 Å². The molecule has 128 valence electrons. The molecular formula is C18H19N5S2. The van der Waals surface area contributed by atoms with Crippen LogP contribution in [0.2, 0.25) is 0 Å².